The summed E-state index contributed by atoms with van der Waals surface area (Å²) in [5.41, 5.74) is -2.00. The van der Waals surface area contributed by atoms with Crippen LogP contribution in [-0.2, 0) is 0 Å². The molecule has 6 aromatic carbocycles. The summed E-state index contributed by atoms with van der Waals surface area (Å²) in [4.78, 5) is 78.0. The van der Waals surface area contributed by atoms with E-state index in [1.165, 1.54) is 72.5 Å². The Morgan fingerprint density at radius 3 is 1.40 bits per heavy atom. The minimum atomic E-state index is -5.75. The molecule has 6 heterocycles. The summed E-state index contributed by atoms with van der Waals surface area (Å²) in [7, 11) is 0. The van der Waals surface area contributed by atoms with E-state index in [4.69, 9.17) is 4.74 Å². The van der Waals surface area contributed by atoms with Gasteiger partial charge in [-0.2, -0.15) is 26.3 Å². The lowest BCUT2D eigenvalue weighted by Crippen LogP contribution is -2.48. The number of allylic oxidation sites excluding steroid dienone is 2. The third-order valence-corrected chi connectivity index (χ3v) is 22.8. The molecule has 0 spiro atoms. The number of halogens is 7. The number of anilines is 1. The van der Waals surface area contributed by atoms with Crippen molar-refractivity contribution in [2.75, 3.05) is 4.90 Å². The number of esters is 1. The van der Waals surface area contributed by atoms with E-state index < -0.39 is 52.3 Å². The van der Waals surface area contributed by atoms with Gasteiger partial charge in [0.25, 0.3) is 23.6 Å². The summed E-state index contributed by atoms with van der Waals surface area (Å²) in [5, 5.41) is 5.66. The highest BCUT2D eigenvalue weighted by Gasteiger charge is 2.80. The van der Waals surface area contributed by atoms with Crippen LogP contribution in [0.15, 0.2) is 108 Å². The van der Waals surface area contributed by atoms with Gasteiger partial charge in [0.2, 0.25) is 0 Å². The van der Waals surface area contributed by atoms with E-state index in [1.54, 1.807) is 18.2 Å². The highest BCUT2D eigenvalue weighted by atomic mass is 79.9. The zero-order valence-electron chi connectivity index (χ0n) is 47.6. The molecule has 0 N–H and O–H groups in total. The van der Waals surface area contributed by atoms with Crippen LogP contribution >= 0.6 is 61.3 Å². The second-order valence-electron chi connectivity index (χ2n) is 22.6. The Balaban J connectivity index is 0.763. The van der Waals surface area contributed by atoms with Crippen LogP contribution in [0.25, 0.3) is 73.7 Å². The number of imide groups is 2. The number of alkyl halides is 6. The summed E-state index contributed by atoms with van der Waals surface area (Å²) in [6.07, 6.45) is 9.83. The number of unbranched alkanes of at least 4 members (excludes halogenated alkanes) is 6. The predicted octanol–water partition coefficient (Wildman–Crippen LogP) is 20.8. The van der Waals surface area contributed by atoms with Crippen molar-refractivity contribution < 1.29 is 55.1 Å². The average molecular weight is 1320 g/mol. The molecule has 0 bridgehead atoms. The van der Waals surface area contributed by atoms with Crippen LogP contribution in [0.5, 0.6) is 5.75 Å². The van der Waals surface area contributed by atoms with Crippen LogP contribution in [-0.4, -0.2) is 58.3 Å². The lowest BCUT2D eigenvalue weighted by atomic mass is 9.82. The number of carbonyl (C=O) groups is 5. The fourth-order valence-electron chi connectivity index (χ4n) is 13.0. The molecule has 1 aliphatic carbocycles. The minimum absolute atomic E-state index is 0.0378. The van der Waals surface area contributed by atoms with Gasteiger partial charge in [0.1, 0.15) is 10.6 Å². The summed E-state index contributed by atoms with van der Waals surface area (Å²) in [6.45, 7) is 9.00. The molecule has 0 fully saturated rings. The number of hydrogen-bond acceptors (Lipinski definition) is 10. The Bertz CT molecular complexity index is 4460. The first-order valence-corrected chi connectivity index (χ1v) is 32.9. The van der Waals surface area contributed by atoms with Crippen molar-refractivity contribution in [3.8, 4) is 25.3 Å². The van der Waals surface area contributed by atoms with E-state index in [1.807, 2.05) is 49.4 Å². The molecule has 10 aromatic rings. The predicted molar refractivity (Wildman–Crippen MR) is 341 cm³/mol. The molecular formula is C68H53BrF6N2O6S4. The Hall–Kier alpha value is -7.03. The molecule has 4 aromatic heterocycles. The van der Waals surface area contributed by atoms with E-state index in [0.29, 0.717) is 41.9 Å². The number of benzene rings is 6. The number of aryl methyl sites for hydroxylation is 3. The molecule has 13 rings (SSSR count). The first kappa shape index (κ1) is 59.0. The summed E-state index contributed by atoms with van der Waals surface area (Å²) < 4.78 is 101. The number of rotatable bonds is 18. The summed E-state index contributed by atoms with van der Waals surface area (Å²) in [5.74, 6) is -18.8. The van der Waals surface area contributed by atoms with Gasteiger partial charge in [-0.15, -0.1) is 45.3 Å². The molecule has 87 heavy (non-hydrogen) atoms. The number of nitrogens with zero attached hydrogens (tertiary/aromatic N) is 2. The van der Waals surface area contributed by atoms with Gasteiger partial charge in [0.15, 0.2) is 0 Å². The van der Waals surface area contributed by atoms with Crippen LogP contribution in [0.4, 0.5) is 32.0 Å². The number of ether oxygens (including phenoxy) is 1. The molecule has 0 atom stereocenters. The first-order valence-electron chi connectivity index (χ1n) is 28.8. The fourth-order valence-corrected chi connectivity index (χ4v) is 17.8. The van der Waals surface area contributed by atoms with E-state index in [-0.39, 0.29) is 70.0 Å². The number of fused-ring (bicyclic) bond motifs is 2. The van der Waals surface area contributed by atoms with Crippen molar-refractivity contribution in [1.29, 1.82) is 0 Å². The number of carbonyl (C=O) groups excluding carboxylic acids is 5. The fraction of sp³-hybridized carbons (Fsp3) is 0.279. The summed E-state index contributed by atoms with van der Waals surface area (Å²) >= 11 is 7.64. The maximum Gasteiger partial charge on any atom is 0.380 e. The number of amides is 4. The standard InChI is InChI=1S/C68H53BrF6N2O6S4/c1-6-8-10-12-14-36(15-13-11-9-7-2)76-61(78)43-25-21-39-41-23-27-45-57-46(28-24-42(55(41)57)40-22-26-44(62(76)79)56(43)54(39)40)64(81)77(63(45)80)37-17-19-38(20-18-37)83-65(82)60-49(69)32-53(87-60)52-31-48(35(5)86-52)59-58(66(70,71)68(74,75)67(59,72)73)47-30-51(85-34(47)4)50-29-16-33(3)84-50/h16-32,36H,6-15H2,1-5H3. The van der Waals surface area contributed by atoms with Crippen molar-refractivity contribution >= 4 is 151 Å². The molecule has 0 radical (unpaired) electrons. The molecule has 3 aliphatic rings. The SMILES string of the molecule is CCCCCCC(CCCCCC)N1C(=O)c2ccc3c4ccc5c6c(ccc(c7ccc(c2c37)C1=O)c64)C(=O)N(c1ccc(OC(=O)c2sc(-c3cc(C4=C(c6cc(-c7ccc(C)s7)sc6C)C(F)(F)C(F)(F)C4(F)F)c(C)s3)cc2Br)cc1)C5=O. The van der Waals surface area contributed by atoms with Crippen molar-refractivity contribution in [1.82, 2.24) is 4.90 Å². The Morgan fingerprint density at radius 1 is 0.506 bits per heavy atom. The second kappa shape index (κ2) is 21.9. The van der Waals surface area contributed by atoms with E-state index in [2.05, 4.69) is 29.8 Å². The zero-order chi connectivity index (χ0) is 61.3. The van der Waals surface area contributed by atoms with Crippen LogP contribution in [0.1, 0.15) is 155 Å². The monoisotopic (exact) mass is 1310 g/mol. The first-order chi connectivity index (χ1) is 41.6. The third kappa shape index (κ3) is 9.16. The molecule has 0 saturated heterocycles. The van der Waals surface area contributed by atoms with Crippen LogP contribution in [0, 0.1) is 20.8 Å². The van der Waals surface area contributed by atoms with Gasteiger partial charge in [-0.25, -0.2) is 9.69 Å². The highest BCUT2D eigenvalue weighted by Crippen LogP contribution is 2.66. The molecule has 4 amide bonds. The van der Waals surface area contributed by atoms with Gasteiger partial charge < -0.3 is 4.74 Å². The molecule has 2 aliphatic heterocycles. The number of thiophene rings is 4. The summed E-state index contributed by atoms with van der Waals surface area (Å²) in [6, 6.07) is 27.6. The topological polar surface area (TPSA) is 101 Å². The van der Waals surface area contributed by atoms with Crippen LogP contribution in [0.3, 0.4) is 0 Å². The van der Waals surface area contributed by atoms with Gasteiger partial charge in [0, 0.05) is 88.8 Å². The molecule has 0 saturated carbocycles. The second-order valence-corrected chi connectivity index (χ2v) is 28.3. The van der Waals surface area contributed by atoms with E-state index in [0.717, 1.165) is 135 Å². The van der Waals surface area contributed by atoms with Crippen molar-refractivity contribution in [2.45, 2.75) is 123 Å². The van der Waals surface area contributed by atoms with E-state index >= 15 is 26.3 Å². The molecule has 19 heteroatoms. The van der Waals surface area contributed by atoms with Crippen molar-refractivity contribution in [3.05, 3.63) is 160 Å². The Morgan fingerprint density at radius 2 is 0.954 bits per heavy atom. The smallest absolute Gasteiger partial charge is 0.380 e. The highest BCUT2D eigenvalue weighted by molar-refractivity contribution is 9.10. The molecule has 0 unspecified atom stereocenters. The molecule has 8 nitrogen and oxygen atoms in total. The quantitative estimate of drug-likeness (QED) is 0.0161. The van der Waals surface area contributed by atoms with Gasteiger partial charge in [0.05, 0.1) is 5.69 Å². The molecule has 444 valence electrons. The zero-order valence-corrected chi connectivity index (χ0v) is 52.4. The van der Waals surface area contributed by atoms with Gasteiger partial charge in [-0.1, -0.05) is 89.5 Å². The Labute approximate surface area is 520 Å². The largest absolute Gasteiger partial charge is 0.422 e. The van der Waals surface area contributed by atoms with Gasteiger partial charge in [-0.05, 0) is 172 Å². The van der Waals surface area contributed by atoms with Gasteiger partial charge >= 0.3 is 23.7 Å². The van der Waals surface area contributed by atoms with Crippen molar-refractivity contribution in [2.24, 2.45) is 0 Å². The van der Waals surface area contributed by atoms with Gasteiger partial charge in [-0.3, -0.25) is 24.1 Å². The molecular weight excluding hydrogens is 1260 g/mol. The average Bonchev–Trinajstić information content (AvgIpc) is 1.68. The Kier molecular flexibility index (Phi) is 14.9. The normalized spacial score (nSPS) is 16.2. The maximum absolute atomic E-state index is 16.1. The third-order valence-electron chi connectivity index (χ3n) is 17.3. The van der Waals surface area contributed by atoms with Crippen LogP contribution < -0.4 is 9.64 Å². The minimum Gasteiger partial charge on any atom is -0.422 e. The lowest BCUT2D eigenvalue weighted by molar-refractivity contribution is -0.254. The lowest BCUT2D eigenvalue weighted by Gasteiger charge is -2.35. The van der Waals surface area contributed by atoms with E-state index in [9.17, 15) is 24.0 Å². The van der Waals surface area contributed by atoms with Crippen LogP contribution in [0.2, 0.25) is 0 Å². The maximum atomic E-state index is 16.1. The van der Waals surface area contributed by atoms with Crippen molar-refractivity contribution in [3.63, 3.8) is 0 Å². The number of hydrogen-bond donors (Lipinski definition) is 0.